The van der Waals surface area contributed by atoms with Crippen LogP contribution in [0.15, 0.2) is 96.0 Å². The van der Waals surface area contributed by atoms with Gasteiger partial charge in [-0.15, -0.1) is 0 Å². The zero-order valence-corrected chi connectivity index (χ0v) is 43.3. The predicted molar refractivity (Wildman–Crippen MR) is 285 cm³/mol. The number of ketones is 1. The Balaban J connectivity index is 1.61. The number of aliphatic hydroxyl groups excluding tert-OH is 1. The Hall–Kier alpha value is -6.42. The van der Waals surface area contributed by atoms with Gasteiger partial charge in [0, 0.05) is 44.7 Å². The van der Waals surface area contributed by atoms with Gasteiger partial charge < -0.3 is 59.9 Å². The molecule has 0 radical (unpaired) electrons. The smallest absolute Gasteiger partial charge is 0.247 e. The van der Waals surface area contributed by atoms with Gasteiger partial charge >= 0.3 is 0 Å². The van der Waals surface area contributed by atoms with Crippen molar-refractivity contribution in [3.8, 4) is 0 Å². The highest BCUT2D eigenvalue weighted by molar-refractivity contribution is 5.96. The summed E-state index contributed by atoms with van der Waals surface area (Å²) in [6.07, 6.45) is 0.773. The molecular formula is C54H80N12O8. The molecule has 1 unspecified atom stereocenters. The highest BCUT2D eigenvalue weighted by atomic mass is 16.3. The lowest BCUT2D eigenvalue weighted by Gasteiger charge is -2.27. The van der Waals surface area contributed by atoms with Gasteiger partial charge in [-0.25, -0.2) is 0 Å². The van der Waals surface area contributed by atoms with Crippen LogP contribution in [0, 0.1) is 11.8 Å². The van der Waals surface area contributed by atoms with Crippen molar-refractivity contribution in [3.05, 3.63) is 108 Å². The van der Waals surface area contributed by atoms with Crippen molar-refractivity contribution in [2.45, 2.75) is 127 Å². The molecule has 3 aromatic rings. The minimum absolute atomic E-state index is 0.0442. The van der Waals surface area contributed by atoms with Crippen LogP contribution in [-0.4, -0.2) is 145 Å². The number of rotatable bonds is 31. The Morgan fingerprint density at radius 1 is 0.649 bits per heavy atom. The number of likely N-dealkylation sites (tertiary alicyclic amines) is 1. The predicted octanol–water partition coefficient (Wildman–Crippen LogP) is -0.0958. The normalized spacial score (nSPS) is 18.0. The van der Waals surface area contributed by atoms with Crippen molar-refractivity contribution in [2.24, 2.45) is 39.8 Å². The monoisotopic (exact) mass is 1020 g/mol. The molecule has 15 N–H and O–H groups in total. The number of carbonyl (C=O) groups excluding carboxylic acids is 7. The van der Waals surface area contributed by atoms with E-state index in [1.165, 1.54) is 20.1 Å². The Bertz CT molecular complexity index is 2270. The van der Waals surface area contributed by atoms with Crippen molar-refractivity contribution >= 4 is 47.4 Å². The van der Waals surface area contributed by atoms with Gasteiger partial charge in [0.1, 0.15) is 18.1 Å². The third-order valence-electron chi connectivity index (χ3n) is 12.9. The van der Waals surface area contributed by atoms with Crippen LogP contribution in [0.25, 0.3) is 0 Å². The number of nitrogens with two attached hydrogens (primary N) is 4. The van der Waals surface area contributed by atoms with E-state index < -0.39 is 89.8 Å². The molecule has 0 spiro atoms. The fourth-order valence-corrected chi connectivity index (χ4v) is 8.83. The first-order valence-electron chi connectivity index (χ1n) is 25.7. The standard InChI is InChI=1S/C54H80N12O8/c1-34(2)28-46(35(3)67)64-53(73)47(29-37-14-8-5-9-15-37)65-51(71)44(22-26-57)63-52(72)45(23-27-59-54(74)48(36(4)68)60-30-40(20-24-55)61-50(70)43(58)21-25-56)62-49(69)42-33-66(31-38-16-10-6-11-17-38)32-41(42)39-18-12-7-13-19-39/h5-19,30,34,36,40-48,68H,20-29,31-33,55-58H2,1-4H3,(H,59,74)(H,61,70)(H,62,69)(H,63,72)(H,64,73)(H,65,71)/b60-30+/t36-,40+,41-,42+,43+,44+,45?,46+,47-,48+/m1/s1. The number of Topliss-reactive ketones (excluding diaryl/α,β-unsaturated/α-hetero) is 1. The maximum Gasteiger partial charge on any atom is 0.247 e. The van der Waals surface area contributed by atoms with Crippen molar-refractivity contribution < 1.29 is 38.7 Å². The second-order valence-electron chi connectivity index (χ2n) is 19.5. The summed E-state index contributed by atoms with van der Waals surface area (Å²) in [7, 11) is 0. The molecule has 0 bridgehead atoms. The first-order chi connectivity index (χ1) is 35.4. The Morgan fingerprint density at radius 2 is 1.19 bits per heavy atom. The Morgan fingerprint density at radius 3 is 1.76 bits per heavy atom. The molecule has 74 heavy (non-hydrogen) atoms. The number of hydrogen-bond donors (Lipinski definition) is 11. The summed E-state index contributed by atoms with van der Waals surface area (Å²) in [5.41, 5.74) is 26.0. The third-order valence-corrected chi connectivity index (χ3v) is 12.9. The molecule has 1 saturated heterocycles. The highest BCUT2D eigenvalue weighted by Gasteiger charge is 2.40. The van der Waals surface area contributed by atoms with E-state index in [9.17, 15) is 38.7 Å². The van der Waals surface area contributed by atoms with Crippen molar-refractivity contribution in [2.75, 3.05) is 39.3 Å². The SMILES string of the molecule is CC(=O)[C@H](CC(C)C)NC(=O)[C@@H](Cc1ccccc1)NC(=O)[C@H](CCN)NC(=O)C(CCNC(=O)[C@@H](/N=C/[C@H](CCN)NC(=O)[C@@H](N)CCN)[C@@H](C)O)NC(=O)[C@H]1CN(Cc2ccccc2)C[C@@H]1c1ccccc1. The van der Waals surface area contributed by atoms with Crippen LogP contribution >= 0.6 is 0 Å². The second kappa shape index (κ2) is 31.3. The molecule has 404 valence electrons. The van der Waals surface area contributed by atoms with Gasteiger partial charge in [-0.3, -0.25) is 43.5 Å². The molecule has 1 aliphatic rings. The maximum atomic E-state index is 14.7. The fourth-order valence-electron chi connectivity index (χ4n) is 8.83. The van der Waals surface area contributed by atoms with Gasteiger partial charge in [-0.2, -0.15) is 0 Å². The largest absolute Gasteiger partial charge is 0.391 e. The Kier molecular flexibility index (Phi) is 25.5. The lowest BCUT2D eigenvalue weighted by molar-refractivity contribution is -0.135. The molecule has 20 nitrogen and oxygen atoms in total. The van der Waals surface area contributed by atoms with E-state index in [-0.39, 0.29) is 75.9 Å². The minimum atomic E-state index is -1.35. The van der Waals surface area contributed by atoms with Crippen LogP contribution in [0.4, 0.5) is 0 Å². The van der Waals surface area contributed by atoms with Crippen molar-refractivity contribution in [1.29, 1.82) is 0 Å². The van der Waals surface area contributed by atoms with E-state index in [0.29, 0.717) is 26.1 Å². The van der Waals surface area contributed by atoms with E-state index in [1.807, 2.05) is 80.6 Å². The topological polar surface area (TPSA) is 332 Å². The molecule has 1 fully saturated rings. The first-order valence-corrected chi connectivity index (χ1v) is 25.7. The van der Waals surface area contributed by atoms with Crippen LogP contribution in [0.5, 0.6) is 0 Å². The molecule has 0 aliphatic carbocycles. The zero-order chi connectivity index (χ0) is 54.2. The summed E-state index contributed by atoms with van der Waals surface area (Å²) in [6.45, 7) is 8.28. The summed E-state index contributed by atoms with van der Waals surface area (Å²) in [5.74, 6) is -4.68. The number of aliphatic hydroxyl groups is 1. The summed E-state index contributed by atoms with van der Waals surface area (Å²) >= 11 is 0. The molecule has 0 aromatic heterocycles. The molecule has 10 atom stereocenters. The average Bonchev–Trinajstić information content (AvgIpc) is 3.80. The number of nitrogens with zero attached hydrogens (tertiary/aromatic N) is 2. The summed E-state index contributed by atoms with van der Waals surface area (Å²) in [5, 5.41) is 27.5. The molecule has 6 amide bonds. The molecule has 4 rings (SSSR count). The Labute approximate surface area is 435 Å². The quantitative estimate of drug-likeness (QED) is 0.0376. The first kappa shape index (κ1) is 60.1. The van der Waals surface area contributed by atoms with E-state index in [4.69, 9.17) is 22.9 Å². The van der Waals surface area contributed by atoms with Gasteiger partial charge in [-0.1, -0.05) is 105 Å². The lowest BCUT2D eigenvalue weighted by atomic mass is 9.88. The number of benzene rings is 3. The number of nitrogens with one attached hydrogen (secondary N) is 6. The number of hydrogen-bond acceptors (Lipinski definition) is 14. The fraction of sp³-hybridized carbons (Fsp3) is 0.519. The minimum Gasteiger partial charge on any atom is -0.391 e. The zero-order valence-electron chi connectivity index (χ0n) is 43.3. The van der Waals surface area contributed by atoms with Gasteiger partial charge in [0.05, 0.1) is 30.1 Å². The van der Waals surface area contributed by atoms with Crippen molar-refractivity contribution in [3.63, 3.8) is 0 Å². The van der Waals surface area contributed by atoms with E-state index >= 15 is 0 Å². The number of aliphatic imine (C=N–C) groups is 1. The van der Waals surface area contributed by atoms with Crippen molar-refractivity contribution in [1.82, 2.24) is 36.8 Å². The van der Waals surface area contributed by atoms with E-state index in [0.717, 1.165) is 16.7 Å². The van der Waals surface area contributed by atoms with Crippen LogP contribution in [-0.2, 0) is 46.5 Å². The van der Waals surface area contributed by atoms with E-state index in [1.54, 1.807) is 24.3 Å². The maximum absolute atomic E-state index is 14.7. The molecule has 20 heteroatoms. The van der Waals surface area contributed by atoms with Gasteiger partial charge in [0.25, 0.3) is 0 Å². The molecule has 1 aliphatic heterocycles. The van der Waals surface area contributed by atoms with Crippen LogP contribution < -0.4 is 54.8 Å². The average molecular weight is 1030 g/mol. The van der Waals surface area contributed by atoms with Crippen LogP contribution in [0.2, 0.25) is 0 Å². The molecule has 1 heterocycles. The third kappa shape index (κ3) is 19.8. The number of amides is 6. The van der Waals surface area contributed by atoms with Crippen LogP contribution in [0.1, 0.15) is 82.4 Å². The summed E-state index contributed by atoms with van der Waals surface area (Å²) in [6, 6.07) is 21.1. The van der Waals surface area contributed by atoms with Gasteiger partial charge in [0.15, 0.2) is 11.8 Å². The summed E-state index contributed by atoms with van der Waals surface area (Å²) in [4.78, 5) is 103. The molecule has 0 saturated carbocycles. The van der Waals surface area contributed by atoms with Crippen LogP contribution in [0.3, 0.4) is 0 Å². The highest BCUT2D eigenvalue weighted by Crippen LogP contribution is 2.34. The second-order valence-corrected chi connectivity index (χ2v) is 19.5. The lowest BCUT2D eigenvalue weighted by Crippen LogP contribution is -2.59. The van der Waals surface area contributed by atoms with Gasteiger partial charge in [-0.05, 0) is 88.2 Å². The summed E-state index contributed by atoms with van der Waals surface area (Å²) < 4.78 is 0. The molecule has 3 aromatic carbocycles. The number of carbonyl (C=O) groups is 7. The molecular weight excluding hydrogens is 945 g/mol. The van der Waals surface area contributed by atoms with Gasteiger partial charge in [0.2, 0.25) is 35.4 Å². The van der Waals surface area contributed by atoms with E-state index in [2.05, 4.69) is 41.8 Å².